The smallest absolute Gasteiger partial charge is 0.270 e. The molecule has 0 saturated heterocycles. The Bertz CT molecular complexity index is 1490. The Balaban J connectivity index is 2.10. The monoisotopic (exact) mass is 684 g/mol. The second-order valence-corrected chi connectivity index (χ2v) is 12.4. The lowest BCUT2D eigenvalue weighted by molar-refractivity contribution is 0.264. The van der Waals surface area contributed by atoms with E-state index >= 15 is 0 Å². The van der Waals surface area contributed by atoms with Crippen molar-refractivity contribution in [3.05, 3.63) is 74.1 Å². The van der Waals surface area contributed by atoms with Gasteiger partial charge in [0.2, 0.25) is 0 Å². The van der Waals surface area contributed by atoms with Gasteiger partial charge in [0.1, 0.15) is 22.9 Å². The molecule has 0 saturated carbocycles. The van der Waals surface area contributed by atoms with Crippen LogP contribution in [0.25, 0.3) is 22.2 Å². The third kappa shape index (κ3) is 5.17. The molecule has 0 aliphatic rings. The molecule has 1 heterocycles. The molecule has 0 unspecified atom stereocenters. The minimum absolute atomic E-state index is 0.113. The summed E-state index contributed by atoms with van der Waals surface area (Å²) < 4.78 is 43.3. The van der Waals surface area contributed by atoms with E-state index in [-0.39, 0.29) is 4.90 Å². The number of methoxy groups -OCH3 is 1. The number of benzene rings is 3. The van der Waals surface area contributed by atoms with Crippen molar-refractivity contribution in [3.63, 3.8) is 0 Å². The van der Waals surface area contributed by atoms with Gasteiger partial charge in [-0.3, -0.25) is 0 Å². The van der Waals surface area contributed by atoms with E-state index in [4.69, 9.17) is 9.47 Å². The summed E-state index contributed by atoms with van der Waals surface area (Å²) in [7, 11) is 1.38. The van der Waals surface area contributed by atoms with Crippen molar-refractivity contribution in [2.24, 2.45) is 0 Å². The highest BCUT2D eigenvalue weighted by atomic mass is 79.9. The van der Waals surface area contributed by atoms with Crippen LogP contribution in [0.5, 0.6) is 11.5 Å². The quantitative estimate of drug-likeness (QED) is 0.205. The maximum atomic E-state index is 14.3. The summed E-state index contributed by atoms with van der Waals surface area (Å²) >= 11 is 10.6. The van der Waals surface area contributed by atoms with Gasteiger partial charge in [-0.2, -0.15) is 0 Å². The molecule has 3 aromatic carbocycles. The van der Waals surface area contributed by atoms with E-state index in [9.17, 15) is 8.42 Å². The Morgan fingerprint density at radius 3 is 2.29 bits per heavy atom. The van der Waals surface area contributed by atoms with E-state index in [1.54, 1.807) is 12.1 Å². The SMILES string of the molecule is COc1ccc(S(=O)(=O)n2c(-c3ccccc3)c(OCCN(C)C)c3cc(Br)cc(Br)c32)c(Br)c1. The lowest BCUT2D eigenvalue weighted by atomic mass is 10.1. The fourth-order valence-electron chi connectivity index (χ4n) is 3.75. The zero-order chi connectivity index (χ0) is 25.3. The number of nitrogens with zero attached hydrogens (tertiary/aromatic N) is 2. The molecule has 0 bridgehead atoms. The Labute approximate surface area is 230 Å². The van der Waals surface area contributed by atoms with Gasteiger partial charge in [-0.15, -0.1) is 0 Å². The van der Waals surface area contributed by atoms with Crippen LogP contribution < -0.4 is 9.47 Å². The van der Waals surface area contributed by atoms with Crippen LogP contribution >= 0.6 is 47.8 Å². The van der Waals surface area contributed by atoms with Gasteiger partial charge in [-0.25, -0.2) is 12.4 Å². The number of hydrogen-bond acceptors (Lipinski definition) is 5. The summed E-state index contributed by atoms with van der Waals surface area (Å²) in [6, 6.07) is 17.9. The van der Waals surface area contributed by atoms with E-state index in [1.165, 1.54) is 17.1 Å². The Hall–Kier alpha value is -1.85. The van der Waals surface area contributed by atoms with Crippen LogP contribution in [0, 0.1) is 0 Å². The van der Waals surface area contributed by atoms with Crippen molar-refractivity contribution < 1.29 is 17.9 Å². The number of likely N-dealkylation sites (N-methyl/N-ethyl adjacent to an activating group) is 1. The van der Waals surface area contributed by atoms with Crippen LogP contribution in [-0.4, -0.2) is 51.6 Å². The Morgan fingerprint density at radius 1 is 0.943 bits per heavy atom. The van der Waals surface area contributed by atoms with E-state index < -0.39 is 10.0 Å². The molecule has 10 heteroatoms. The summed E-state index contributed by atoms with van der Waals surface area (Å²) in [5, 5.41) is 0.678. The normalized spacial score (nSPS) is 11.9. The van der Waals surface area contributed by atoms with Crippen molar-refractivity contribution in [2.75, 3.05) is 34.4 Å². The van der Waals surface area contributed by atoms with Gasteiger partial charge < -0.3 is 14.4 Å². The van der Waals surface area contributed by atoms with Crippen LogP contribution in [0.2, 0.25) is 0 Å². The van der Waals surface area contributed by atoms with Crippen molar-refractivity contribution in [2.45, 2.75) is 4.90 Å². The fourth-order valence-corrected chi connectivity index (χ4v) is 7.85. The standard InChI is InChI=1S/C25H23Br3N2O4S/c1-29(2)11-12-34-25-19-13-17(26)14-21(28)24(19)30(23(25)16-7-5-4-6-8-16)35(31,32)22-10-9-18(33-3)15-20(22)27/h4-10,13-15H,11-12H2,1-3H3. The summed E-state index contributed by atoms with van der Waals surface area (Å²) in [5.41, 5.74) is 1.68. The number of aromatic nitrogens is 1. The zero-order valence-electron chi connectivity index (χ0n) is 19.3. The first-order valence-electron chi connectivity index (χ1n) is 10.6. The van der Waals surface area contributed by atoms with Gasteiger partial charge in [0.15, 0.2) is 5.75 Å². The van der Waals surface area contributed by atoms with Crippen LogP contribution in [-0.2, 0) is 10.0 Å². The molecule has 0 N–H and O–H groups in total. The van der Waals surface area contributed by atoms with E-state index in [1.807, 2.05) is 61.5 Å². The summed E-state index contributed by atoms with van der Waals surface area (Å²) in [6.07, 6.45) is 0. The van der Waals surface area contributed by atoms with E-state index in [2.05, 4.69) is 47.8 Å². The number of rotatable bonds is 8. The minimum atomic E-state index is -4.08. The van der Waals surface area contributed by atoms with Crippen LogP contribution in [0.15, 0.2) is 79.0 Å². The number of ether oxygens (including phenoxy) is 2. The first kappa shape index (κ1) is 26.2. The predicted molar refractivity (Wildman–Crippen MR) is 150 cm³/mol. The molecule has 0 amide bonds. The molecule has 0 fully saturated rings. The summed E-state index contributed by atoms with van der Waals surface area (Å²) in [5.74, 6) is 1.05. The molecule has 0 aliphatic carbocycles. The third-order valence-corrected chi connectivity index (χ3v) is 9.12. The Kier molecular flexibility index (Phi) is 7.97. The molecular weight excluding hydrogens is 664 g/mol. The van der Waals surface area contributed by atoms with Crippen molar-refractivity contribution in [1.29, 1.82) is 0 Å². The average Bonchev–Trinajstić information content (AvgIpc) is 3.14. The molecule has 6 nitrogen and oxygen atoms in total. The molecule has 0 spiro atoms. The van der Waals surface area contributed by atoms with Crippen molar-refractivity contribution >= 4 is 68.7 Å². The topological polar surface area (TPSA) is 60.8 Å². The van der Waals surface area contributed by atoms with Gasteiger partial charge >= 0.3 is 0 Å². The number of fused-ring (bicyclic) bond motifs is 1. The fraction of sp³-hybridized carbons (Fsp3) is 0.200. The van der Waals surface area contributed by atoms with Gasteiger partial charge in [-0.05, 0) is 76.3 Å². The van der Waals surface area contributed by atoms with Gasteiger partial charge in [-0.1, -0.05) is 46.3 Å². The van der Waals surface area contributed by atoms with Gasteiger partial charge in [0.25, 0.3) is 10.0 Å². The highest BCUT2D eigenvalue weighted by Gasteiger charge is 2.32. The highest BCUT2D eigenvalue weighted by molar-refractivity contribution is 9.11. The minimum Gasteiger partial charge on any atom is -0.497 e. The Morgan fingerprint density at radius 2 is 1.66 bits per heavy atom. The van der Waals surface area contributed by atoms with Gasteiger partial charge in [0.05, 0.1) is 12.6 Å². The van der Waals surface area contributed by atoms with Crippen molar-refractivity contribution in [1.82, 2.24) is 8.87 Å². The third-order valence-electron chi connectivity index (χ3n) is 5.38. The first-order valence-corrected chi connectivity index (χ1v) is 14.4. The molecule has 0 aliphatic heterocycles. The van der Waals surface area contributed by atoms with Crippen molar-refractivity contribution in [3.8, 4) is 22.8 Å². The lowest BCUT2D eigenvalue weighted by Gasteiger charge is -2.16. The second kappa shape index (κ2) is 10.6. The number of hydrogen-bond donors (Lipinski definition) is 0. The maximum absolute atomic E-state index is 14.3. The molecule has 4 rings (SSSR count). The molecule has 4 aromatic rings. The molecule has 35 heavy (non-hydrogen) atoms. The summed E-state index contributed by atoms with van der Waals surface area (Å²) in [6.45, 7) is 1.06. The lowest BCUT2D eigenvalue weighted by Crippen LogP contribution is -2.20. The van der Waals surface area contributed by atoms with Gasteiger partial charge in [0, 0.05) is 30.9 Å². The van der Waals surface area contributed by atoms with Crippen LogP contribution in [0.3, 0.4) is 0 Å². The van der Waals surface area contributed by atoms with Crippen LogP contribution in [0.1, 0.15) is 0 Å². The number of halogens is 3. The molecule has 0 radical (unpaired) electrons. The maximum Gasteiger partial charge on any atom is 0.270 e. The highest BCUT2D eigenvalue weighted by Crippen LogP contribution is 2.46. The molecule has 184 valence electrons. The molecular formula is C25H23Br3N2O4S. The first-order chi connectivity index (χ1) is 16.6. The average molecular weight is 687 g/mol. The van der Waals surface area contributed by atoms with Crippen LogP contribution in [0.4, 0.5) is 0 Å². The zero-order valence-corrected chi connectivity index (χ0v) is 24.8. The van der Waals surface area contributed by atoms with E-state index in [0.29, 0.717) is 50.2 Å². The molecule has 0 atom stereocenters. The summed E-state index contributed by atoms with van der Waals surface area (Å²) in [4.78, 5) is 2.13. The second-order valence-electron chi connectivity index (χ2n) is 8.05. The predicted octanol–water partition coefficient (Wildman–Crippen LogP) is 6.78. The van der Waals surface area contributed by atoms with E-state index in [0.717, 1.165) is 10.0 Å². The largest absolute Gasteiger partial charge is 0.497 e. The molecule has 1 aromatic heterocycles.